The number of nitrogens with zero attached hydrogens (tertiary/aromatic N) is 2. The average molecular weight is 566 g/mol. The monoisotopic (exact) mass is 565 g/mol. The summed E-state index contributed by atoms with van der Waals surface area (Å²) in [5, 5.41) is 14.6. The number of carbonyl (C=O) groups excluding carboxylic acids is 2. The Morgan fingerprint density at radius 3 is 2.45 bits per heavy atom. The van der Waals surface area contributed by atoms with E-state index in [-0.39, 0.29) is 42.2 Å². The molecule has 6 rings (SSSR count). The molecule has 1 spiro atoms. The van der Waals surface area contributed by atoms with Gasteiger partial charge in [-0.25, -0.2) is 0 Å². The molecule has 4 aliphatic rings. The number of carbonyl (C=O) groups is 2. The van der Waals surface area contributed by atoms with E-state index in [4.69, 9.17) is 0 Å². The van der Waals surface area contributed by atoms with Gasteiger partial charge in [0.15, 0.2) is 0 Å². The molecule has 0 radical (unpaired) electrons. The van der Waals surface area contributed by atoms with Crippen LogP contribution in [0.4, 0.5) is 0 Å². The lowest BCUT2D eigenvalue weighted by Gasteiger charge is -2.44. The van der Waals surface area contributed by atoms with Crippen LogP contribution in [0.15, 0.2) is 42.5 Å². The summed E-state index contributed by atoms with van der Waals surface area (Å²) in [6, 6.07) is 13.9. The van der Waals surface area contributed by atoms with Crippen LogP contribution in [0.1, 0.15) is 96.2 Å². The number of fused-ring (bicyclic) bond motifs is 2. The lowest BCUT2D eigenvalue weighted by molar-refractivity contribution is 0.0440. The van der Waals surface area contributed by atoms with Crippen molar-refractivity contribution >= 4 is 24.2 Å². The topological polar surface area (TPSA) is 72.9 Å². The lowest BCUT2D eigenvalue weighted by Crippen LogP contribution is -2.54. The Morgan fingerprint density at radius 1 is 1.02 bits per heavy atom. The molecule has 1 aliphatic carbocycles. The van der Waals surface area contributed by atoms with Crippen molar-refractivity contribution in [1.82, 2.24) is 15.1 Å². The first-order chi connectivity index (χ1) is 18.7. The van der Waals surface area contributed by atoms with Gasteiger partial charge in [0.2, 0.25) is 0 Å². The van der Waals surface area contributed by atoms with E-state index in [9.17, 15) is 14.7 Å². The van der Waals surface area contributed by atoms with Crippen molar-refractivity contribution in [2.24, 2.45) is 5.41 Å². The van der Waals surface area contributed by atoms with Gasteiger partial charge in [0.05, 0.1) is 6.10 Å². The third kappa shape index (κ3) is 5.55. The molecule has 216 valence electrons. The molecule has 2 atom stereocenters. The smallest absolute Gasteiger partial charge is 0.254 e. The predicted octanol–water partition coefficient (Wildman–Crippen LogP) is 5.10. The van der Waals surface area contributed by atoms with Gasteiger partial charge in [-0.05, 0) is 72.4 Å². The van der Waals surface area contributed by atoms with Crippen LogP contribution in [0.5, 0.6) is 0 Å². The van der Waals surface area contributed by atoms with Gasteiger partial charge in [-0.2, -0.15) is 0 Å². The first-order valence-corrected chi connectivity index (χ1v) is 15.0. The van der Waals surface area contributed by atoms with Gasteiger partial charge in [-0.15, -0.1) is 12.4 Å². The fraction of sp³-hybridized carbons (Fsp3) is 0.576. The van der Waals surface area contributed by atoms with Crippen LogP contribution < -0.4 is 5.32 Å². The number of hydrogen-bond donors (Lipinski definition) is 2. The van der Waals surface area contributed by atoms with E-state index in [1.165, 1.54) is 43.2 Å². The number of nitrogens with one attached hydrogen (secondary N) is 1. The van der Waals surface area contributed by atoms with Gasteiger partial charge in [-0.1, -0.05) is 57.4 Å². The molecule has 2 aromatic rings. The van der Waals surface area contributed by atoms with Crippen molar-refractivity contribution in [2.75, 3.05) is 26.2 Å². The summed E-state index contributed by atoms with van der Waals surface area (Å²) in [5.74, 6) is 0.0315. The molecular weight excluding hydrogens is 522 g/mol. The fourth-order valence-corrected chi connectivity index (χ4v) is 7.65. The maximum Gasteiger partial charge on any atom is 0.254 e. The van der Waals surface area contributed by atoms with E-state index >= 15 is 0 Å². The van der Waals surface area contributed by atoms with Crippen LogP contribution >= 0.6 is 12.4 Å². The minimum Gasteiger partial charge on any atom is -0.390 e. The molecule has 0 aromatic heterocycles. The van der Waals surface area contributed by atoms with Crippen molar-refractivity contribution in [1.29, 1.82) is 0 Å². The van der Waals surface area contributed by atoms with Gasteiger partial charge in [0.1, 0.15) is 0 Å². The van der Waals surface area contributed by atoms with E-state index in [0.29, 0.717) is 23.1 Å². The van der Waals surface area contributed by atoms with Crippen molar-refractivity contribution in [3.05, 3.63) is 70.3 Å². The number of β-amino-alcohol motifs (C(OH)–C–C–N with tert-alkyl or cyclic N) is 1. The lowest BCUT2D eigenvalue weighted by atomic mass is 9.68. The summed E-state index contributed by atoms with van der Waals surface area (Å²) in [7, 11) is 0. The van der Waals surface area contributed by atoms with Crippen LogP contribution in [0.3, 0.4) is 0 Å². The number of amides is 2. The number of halogens is 1. The molecule has 0 unspecified atom stereocenters. The predicted molar refractivity (Wildman–Crippen MR) is 160 cm³/mol. The number of hydrogen-bond acceptors (Lipinski definition) is 4. The Hall–Kier alpha value is -2.41. The van der Waals surface area contributed by atoms with E-state index < -0.39 is 6.10 Å². The van der Waals surface area contributed by atoms with Crippen molar-refractivity contribution in [3.8, 4) is 0 Å². The third-order valence-electron chi connectivity index (χ3n) is 10.1. The highest BCUT2D eigenvalue weighted by atomic mass is 35.5. The number of rotatable bonds is 4. The highest BCUT2D eigenvalue weighted by Crippen LogP contribution is 2.44. The Labute approximate surface area is 244 Å². The second-order valence-corrected chi connectivity index (χ2v) is 13.2. The van der Waals surface area contributed by atoms with Crippen LogP contribution in [-0.2, 0) is 18.4 Å². The Balaban J connectivity index is 0.00000323. The van der Waals surface area contributed by atoms with Gasteiger partial charge < -0.3 is 20.2 Å². The first kappa shape index (κ1) is 29.1. The van der Waals surface area contributed by atoms with Crippen molar-refractivity contribution in [3.63, 3.8) is 0 Å². The molecule has 1 saturated heterocycles. The van der Waals surface area contributed by atoms with Crippen LogP contribution in [-0.4, -0.2) is 65.0 Å². The summed E-state index contributed by atoms with van der Waals surface area (Å²) in [6.07, 6.45) is 8.99. The number of likely N-dealkylation sites (tertiary alicyclic amines) is 1. The Bertz CT molecular complexity index is 1250. The van der Waals surface area contributed by atoms with Gasteiger partial charge in [0, 0.05) is 55.3 Å². The van der Waals surface area contributed by atoms with Crippen LogP contribution in [0.2, 0.25) is 0 Å². The average Bonchev–Trinajstić information content (AvgIpc) is 2.95. The molecule has 1 saturated carbocycles. The molecule has 3 aliphatic heterocycles. The zero-order chi connectivity index (χ0) is 27.2. The number of aliphatic hydroxyl groups excluding tert-OH is 1. The quantitative estimate of drug-likeness (QED) is 0.541. The van der Waals surface area contributed by atoms with Crippen LogP contribution in [0.25, 0.3) is 0 Å². The SMILES string of the molecule is CC1(C)CN(C[C@@H](O)[C@@H]2Cc3ccccc3CN2)C(=O)c2ccc(C(=O)N3CCC4(CCCCC4)CC3)cc21.Cl. The molecule has 40 heavy (non-hydrogen) atoms. The van der Waals surface area contributed by atoms with E-state index in [2.05, 4.69) is 31.3 Å². The molecule has 2 amide bonds. The molecular formula is C33H44ClN3O3. The van der Waals surface area contributed by atoms with Gasteiger partial charge >= 0.3 is 0 Å². The summed E-state index contributed by atoms with van der Waals surface area (Å²) in [5.41, 5.74) is 4.95. The minimum absolute atomic E-state index is 0. The molecule has 3 heterocycles. The molecule has 7 heteroatoms. The Kier molecular flexibility index (Phi) is 8.34. The second-order valence-electron chi connectivity index (χ2n) is 13.2. The molecule has 0 bridgehead atoms. The maximum atomic E-state index is 13.6. The highest BCUT2D eigenvalue weighted by Gasteiger charge is 2.40. The van der Waals surface area contributed by atoms with E-state index in [1.54, 1.807) is 4.90 Å². The summed E-state index contributed by atoms with van der Waals surface area (Å²) in [6.45, 7) is 7.48. The standard InChI is InChI=1S/C33H43N3O3.ClH/c1-32(2)22-36(21-29(37)28-19-23-8-4-5-9-25(23)20-34-28)31(39)26-11-10-24(18-27(26)32)30(38)35-16-14-33(15-17-35)12-6-3-7-13-33;/h4-5,8-11,18,28-29,34,37H,3,6-7,12-17,19-22H2,1-2H3;1H/t28-,29+;/m0./s1. The normalized spacial score (nSPS) is 24.1. The fourth-order valence-electron chi connectivity index (χ4n) is 7.65. The number of benzene rings is 2. The number of aliphatic hydroxyl groups is 1. The largest absolute Gasteiger partial charge is 0.390 e. The van der Waals surface area contributed by atoms with E-state index in [1.807, 2.05) is 35.2 Å². The Morgan fingerprint density at radius 2 is 1.73 bits per heavy atom. The van der Waals surface area contributed by atoms with Gasteiger partial charge in [0.25, 0.3) is 11.8 Å². The summed E-state index contributed by atoms with van der Waals surface area (Å²) in [4.78, 5) is 30.9. The summed E-state index contributed by atoms with van der Waals surface area (Å²) < 4.78 is 0. The minimum atomic E-state index is -0.660. The molecule has 2 N–H and O–H groups in total. The zero-order valence-electron chi connectivity index (χ0n) is 24.0. The summed E-state index contributed by atoms with van der Waals surface area (Å²) >= 11 is 0. The first-order valence-electron chi connectivity index (χ1n) is 15.0. The maximum absolute atomic E-state index is 13.6. The molecule has 6 nitrogen and oxygen atoms in total. The second kappa shape index (κ2) is 11.5. The number of piperidine rings is 1. The third-order valence-corrected chi connectivity index (χ3v) is 10.1. The van der Waals surface area contributed by atoms with Crippen molar-refractivity contribution in [2.45, 2.75) is 89.3 Å². The van der Waals surface area contributed by atoms with Gasteiger partial charge in [-0.3, -0.25) is 9.59 Å². The van der Waals surface area contributed by atoms with Crippen LogP contribution in [0, 0.1) is 5.41 Å². The highest BCUT2D eigenvalue weighted by molar-refractivity contribution is 6.00. The zero-order valence-corrected chi connectivity index (χ0v) is 24.8. The molecule has 2 aromatic carbocycles. The van der Waals surface area contributed by atoms with Crippen molar-refractivity contribution < 1.29 is 14.7 Å². The molecule has 2 fully saturated rings. The van der Waals surface area contributed by atoms with E-state index in [0.717, 1.165) is 44.5 Å².